The standard InChI is InChI=1S/C9H8BrF2NO3/c1-16-5-2-4(3-6(14)15)7(9(11)12)13-8(5)10/h2,9H,3H2,1H3,(H,14,15). The van der Waals surface area contributed by atoms with Crippen molar-refractivity contribution in [3.8, 4) is 5.75 Å². The number of halogens is 3. The maximum atomic E-state index is 12.6. The molecule has 0 aliphatic carbocycles. The van der Waals surface area contributed by atoms with Crippen LogP contribution in [-0.4, -0.2) is 23.2 Å². The van der Waals surface area contributed by atoms with E-state index in [1.807, 2.05) is 0 Å². The van der Waals surface area contributed by atoms with Crippen LogP contribution in [0.2, 0.25) is 0 Å². The molecular formula is C9H8BrF2NO3. The second kappa shape index (κ2) is 5.20. The smallest absolute Gasteiger partial charge is 0.307 e. The topological polar surface area (TPSA) is 59.4 Å². The summed E-state index contributed by atoms with van der Waals surface area (Å²) in [6.07, 6.45) is -3.34. The average molecular weight is 296 g/mol. The van der Waals surface area contributed by atoms with Crippen molar-refractivity contribution in [3.05, 3.63) is 21.9 Å². The minimum atomic E-state index is -2.82. The summed E-state index contributed by atoms with van der Waals surface area (Å²) in [6.45, 7) is 0. The van der Waals surface area contributed by atoms with Gasteiger partial charge in [-0.2, -0.15) is 0 Å². The fourth-order valence-corrected chi connectivity index (χ4v) is 1.63. The van der Waals surface area contributed by atoms with Gasteiger partial charge in [0.2, 0.25) is 0 Å². The van der Waals surface area contributed by atoms with Crippen molar-refractivity contribution in [1.29, 1.82) is 0 Å². The second-order valence-electron chi connectivity index (χ2n) is 2.90. The second-order valence-corrected chi connectivity index (χ2v) is 3.65. The van der Waals surface area contributed by atoms with Crippen molar-refractivity contribution in [3.63, 3.8) is 0 Å². The maximum Gasteiger partial charge on any atom is 0.307 e. The molecule has 88 valence electrons. The molecule has 1 rings (SSSR count). The number of methoxy groups -OCH3 is 1. The van der Waals surface area contributed by atoms with Crippen LogP contribution in [0, 0.1) is 0 Å². The van der Waals surface area contributed by atoms with E-state index in [0.717, 1.165) is 0 Å². The van der Waals surface area contributed by atoms with Crippen LogP contribution in [-0.2, 0) is 11.2 Å². The van der Waals surface area contributed by atoms with Gasteiger partial charge in [0, 0.05) is 0 Å². The van der Waals surface area contributed by atoms with Gasteiger partial charge in [-0.15, -0.1) is 0 Å². The van der Waals surface area contributed by atoms with Gasteiger partial charge in [-0.1, -0.05) is 0 Å². The van der Waals surface area contributed by atoms with Crippen molar-refractivity contribution in [2.24, 2.45) is 0 Å². The number of alkyl halides is 2. The van der Waals surface area contributed by atoms with Crippen molar-refractivity contribution in [1.82, 2.24) is 4.98 Å². The number of rotatable bonds is 4. The molecule has 0 saturated heterocycles. The molecule has 0 amide bonds. The van der Waals surface area contributed by atoms with E-state index in [2.05, 4.69) is 20.9 Å². The quantitative estimate of drug-likeness (QED) is 0.867. The maximum absolute atomic E-state index is 12.6. The lowest BCUT2D eigenvalue weighted by molar-refractivity contribution is -0.136. The highest BCUT2D eigenvalue weighted by molar-refractivity contribution is 9.10. The SMILES string of the molecule is COc1cc(CC(=O)O)c(C(F)F)nc1Br. The van der Waals surface area contributed by atoms with Gasteiger partial charge in [0.05, 0.1) is 13.5 Å². The predicted molar refractivity (Wildman–Crippen MR) is 54.8 cm³/mol. The average Bonchev–Trinajstić information content (AvgIpc) is 2.19. The minimum absolute atomic E-state index is 0.0532. The summed E-state index contributed by atoms with van der Waals surface area (Å²) in [6, 6.07) is 1.24. The summed E-state index contributed by atoms with van der Waals surface area (Å²) in [5.74, 6) is -0.978. The molecule has 0 radical (unpaired) electrons. The molecule has 0 aromatic carbocycles. The molecule has 1 aromatic heterocycles. The summed E-state index contributed by atoms with van der Waals surface area (Å²) in [7, 11) is 1.34. The minimum Gasteiger partial charge on any atom is -0.494 e. The van der Waals surface area contributed by atoms with Gasteiger partial charge >= 0.3 is 5.97 Å². The molecule has 16 heavy (non-hydrogen) atoms. The summed E-state index contributed by atoms with van der Waals surface area (Å²) in [5, 5.41) is 8.58. The number of aliphatic carboxylic acids is 1. The number of pyridine rings is 1. The highest BCUT2D eigenvalue weighted by atomic mass is 79.9. The van der Waals surface area contributed by atoms with Gasteiger partial charge in [0.1, 0.15) is 10.3 Å². The zero-order valence-electron chi connectivity index (χ0n) is 8.21. The van der Waals surface area contributed by atoms with E-state index in [-0.39, 0.29) is 15.9 Å². The molecule has 0 fully saturated rings. The Hall–Kier alpha value is -1.24. The Bertz CT molecular complexity index is 412. The number of hydrogen-bond donors (Lipinski definition) is 1. The van der Waals surface area contributed by atoms with Crippen LogP contribution in [0.5, 0.6) is 5.75 Å². The van der Waals surface area contributed by atoms with Crippen molar-refractivity contribution in [2.75, 3.05) is 7.11 Å². The Labute approximate surface area is 98.4 Å². The van der Waals surface area contributed by atoms with Crippen molar-refractivity contribution >= 4 is 21.9 Å². The molecule has 1 heterocycles. The molecule has 0 saturated carbocycles. The molecule has 1 N–H and O–H groups in total. The van der Waals surface area contributed by atoms with Gasteiger partial charge in [-0.3, -0.25) is 4.79 Å². The molecule has 1 aromatic rings. The van der Waals surface area contributed by atoms with Crippen molar-refractivity contribution in [2.45, 2.75) is 12.8 Å². The lowest BCUT2D eigenvalue weighted by Gasteiger charge is -2.10. The molecule has 0 bridgehead atoms. The van der Waals surface area contributed by atoms with E-state index in [1.165, 1.54) is 13.2 Å². The highest BCUT2D eigenvalue weighted by Gasteiger charge is 2.19. The fraction of sp³-hybridized carbons (Fsp3) is 0.333. The van der Waals surface area contributed by atoms with Crippen LogP contribution < -0.4 is 4.74 Å². The molecule has 7 heteroatoms. The highest BCUT2D eigenvalue weighted by Crippen LogP contribution is 2.30. The van der Waals surface area contributed by atoms with Gasteiger partial charge in [0.15, 0.2) is 5.75 Å². The summed E-state index contributed by atoms with van der Waals surface area (Å²) < 4.78 is 30.1. The van der Waals surface area contributed by atoms with Crippen LogP contribution in [0.25, 0.3) is 0 Å². The number of carboxylic acids is 1. The van der Waals surface area contributed by atoms with Crippen LogP contribution in [0.15, 0.2) is 10.7 Å². The predicted octanol–water partition coefficient (Wildman–Crippen LogP) is 2.42. The lowest BCUT2D eigenvalue weighted by atomic mass is 10.1. The van der Waals surface area contributed by atoms with E-state index >= 15 is 0 Å². The Morgan fingerprint density at radius 2 is 2.31 bits per heavy atom. The molecular weight excluding hydrogens is 288 g/mol. The monoisotopic (exact) mass is 295 g/mol. The first-order chi connectivity index (χ1) is 7.45. The van der Waals surface area contributed by atoms with E-state index in [0.29, 0.717) is 0 Å². The van der Waals surface area contributed by atoms with E-state index in [9.17, 15) is 13.6 Å². The molecule has 4 nitrogen and oxygen atoms in total. The summed E-state index contributed by atoms with van der Waals surface area (Å²) >= 11 is 2.96. The van der Waals surface area contributed by atoms with Gasteiger partial charge in [0.25, 0.3) is 6.43 Å². The lowest BCUT2D eigenvalue weighted by Crippen LogP contribution is -2.07. The molecule has 0 atom stereocenters. The third kappa shape index (κ3) is 2.88. The normalized spacial score (nSPS) is 10.6. The van der Waals surface area contributed by atoms with Crippen LogP contribution in [0.1, 0.15) is 17.7 Å². The van der Waals surface area contributed by atoms with Gasteiger partial charge in [-0.25, -0.2) is 13.8 Å². The first-order valence-electron chi connectivity index (χ1n) is 4.19. The number of aromatic nitrogens is 1. The third-order valence-electron chi connectivity index (χ3n) is 1.82. The number of nitrogens with zero attached hydrogens (tertiary/aromatic N) is 1. The molecule has 0 aliphatic rings. The van der Waals surface area contributed by atoms with E-state index < -0.39 is 24.5 Å². The Morgan fingerprint density at radius 3 is 2.75 bits per heavy atom. The fourth-order valence-electron chi connectivity index (χ4n) is 1.16. The number of carboxylic acid groups (broad SMARTS) is 1. The first-order valence-corrected chi connectivity index (χ1v) is 4.98. The Balaban J connectivity index is 3.24. The van der Waals surface area contributed by atoms with Gasteiger partial charge in [-0.05, 0) is 27.6 Å². The number of hydrogen-bond acceptors (Lipinski definition) is 3. The Morgan fingerprint density at radius 1 is 1.69 bits per heavy atom. The third-order valence-corrected chi connectivity index (χ3v) is 2.39. The summed E-state index contributed by atoms with van der Waals surface area (Å²) in [4.78, 5) is 14.1. The first kappa shape index (κ1) is 12.8. The molecule has 0 unspecified atom stereocenters. The number of ether oxygens (including phenoxy) is 1. The van der Waals surface area contributed by atoms with Crippen LogP contribution in [0.3, 0.4) is 0 Å². The largest absolute Gasteiger partial charge is 0.494 e. The molecule has 0 aliphatic heterocycles. The van der Waals surface area contributed by atoms with Crippen molar-refractivity contribution < 1.29 is 23.4 Å². The van der Waals surface area contributed by atoms with E-state index in [4.69, 9.17) is 9.84 Å². The van der Waals surface area contributed by atoms with Crippen LogP contribution >= 0.6 is 15.9 Å². The van der Waals surface area contributed by atoms with E-state index in [1.54, 1.807) is 0 Å². The summed E-state index contributed by atoms with van der Waals surface area (Å²) in [5.41, 5.74) is -0.599. The zero-order valence-corrected chi connectivity index (χ0v) is 9.79. The van der Waals surface area contributed by atoms with Crippen LogP contribution in [0.4, 0.5) is 8.78 Å². The number of carbonyl (C=O) groups is 1. The Kier molecular flexibility index (Phi) is 4.17. The van der Waals surface area contributed by atoms with Gasteiger partial charge < -0.3 is 9.84 Å². The molecule has 0 spiro atoms. The zero-order chi connectivity index (χ0) is 12.3.